The number of amidine groups is 1. The summed E-state index contributed by atoms with van der Waals surface area (Å²) >= 11 is 1.38. The zero-order valence-corrected chi connectivity index (χ0v) is 6.65. The molecular formula is C6H10N2OS. The van der Waals surface area contributed by atoms with Crippen LogP contribution in [0.3, 0.4) is 0 Å². The van der Waals surface area contributed by atoms with Crippen molar-refractivity contribution in [2.45, 2.75) is 25.0 Å². The van der Waals surface area contributed by atoms with Gasteiger partial charge in [0.1, 0.15) is 0 Å². The van der Waals surface area contributed by atoms with Gasteiger partial charge in [-0.3, -0.25) is 4.79 Å². The van der Waals surface area contributed by atoms with Gasteiger partial charge in [0.15, 0.2) is 5.17 Å². The molecule has 0 spiro atoms. The monoisotopic (exact) mass is 158 g/mol. The van der Waals surface area contributed by atoms with Gasteiger partial charge in [0, 0.05) is 0 Å². The summed E-state index contributed by atoms with van der Waals surface area (Å²) in [5, 5.41) is 0.424. The Hall–Kier alpha value is -0.510. The van der Waals surface area contributed by atoms with Crippen LogP contribution < -0.4 is 5.73 Å². The van der Waals surface area contributed by atoms with Crippen LogP contribution in [0.25, 0.3) is 0 Å². The quantitative estimate of drug-likeness (QED) is 0.645. The van der Waals surface area contributed by atoms with E-state index in [-0.39, 0.29) is 11.2 Å². The summed E-state index contributed by atoms with van der Waals surface area (Å²) < 4.78 is 0. The summed E-state index contributed by atoms with van der Waals surface area (Å²) in [5.41, 5.74) is 5.34. The molecular weight excluding hydrogens is 148 g/mol. The zero-order chi connectivity index (χ0) is 7.56. The zero-order valence-electron chi connectivity index (χ0n) is 5.83. The Morgan fingerprint density at radius 2 is 2.50 bits per heavy atom. The number of hydrogen-bond donors (Lipinski definition) is 1. The number of carbonyl (C=O) groups is 1. The number of aliphatic imine (C=N–C) groups is 1. The molecule has 0 aromatic rings. The van der Waals surface area contributed by atoms with E-state index < -0.39 is 0 Å². The van der Waals surface area contributed by atoms with Crippen LogP contribution in [-0.2, 0) is 4.79 Å². The Labute approximate surface area is 64.1 Å². The smallest absolute Gasteiger partial charge is 0.261 e. The molecule has 1 aliphatic rings. The average Bonchev–Trinajstić information content (AvgIpc) is 2.13. The van der Waals surface area contributed by atoms with E-state index in [9.17, 15) is 4.79 Å². The van der Waals surface area contributed by atoms with Crippen LogP contribution in [-0.4, -0.2) is 16.3 Å². The molecule has 2 N–H and O–H groups in total. The lowest BCUT2D eigenvalue weighted by Gasteiger charge is -2.00. The van der Waals surface area contributed by atoms with Gasteiger partial charge in [-0.1, -0.05) is 25.1 Å². The minimum absolute atomic E-state index is 0.00463. The molecule has 0 saturated heterocycles. The average molecular weight is 158 g/mol. The van der Waals surface area contributed by atoms with E-state index in [0.29, 0.717) is 5.17 Å². The molecule has 1 rings (SSSR count). The number of amides is 1. The third-order valence-corrected chi connectivity index (χ3v) is 2.36. The Balaban J connectivity index is 2.47. The van der Waals surface area contributed by atoms with Crippen molar-refractivity contribution in [1.29, 1.82) is 0 Å². The van der Waals surface area contributed by atoms with Crippen molar-refractivity contribution >= 4 is 22.8 Å². The lowest BCUT2D eigenvalue weighted by atomic mass is 10.2. The molecule has 1 aliphatic heterocycles. The normalized spacial score (nSPS) is 25.1. The first-order valence-corrected chi connectivity index (χ1v) is 4.16. The van der Waals surface area contributed by atoms with Gasteiger partial charge in [0.2, 0.25) is 0 Å². The maximum atomic E-state index is 10.9. The lowest BCUT2D eigenvalue weighted by molar-refractivity contribution is -0.117. The second kappa shape index (κ2) is 3.05. The fraction of sp³-hybridized carbons (Fsp3) is 0.667. The first-order valence-electron chi connectivity index (χ1n) is 3.28. The van der Waals surface area contributed by atoms with Crippen molar-refractivity contribution < 1.29 is 4.79 Å². The highest BCUT2D eigenvalue weighted by Gasteiger charge is 2.25. The largest absolute Gasteiger partial charge is 0.378 e. The van der Waals surface area contributed by atoms with Crippen molar-refractivity contribution in [3.05, 3.63) is 0 Å². The Morgan fingerprint density at radius 3 is 2.90 bits per heavy atom. The van der Waals surface area contributed by atoms with Crippen molar-refractivity contribution in [3.8, 4) is 0 Å². The molecule has 1 amide bonds. The maximum absolute atomic E-state index is 10.9. The molecule has 0 fully saturated rings. The molecule has 1 heterocycles. The lowest BCUT2D eigenvalue weighted by Crippen LogP contribution is -2.09. The number of thioether (sulfide) groups is 1. The highest BCUT2D eigenvalue weighted by atomic mass is 32.2. The predicted molar refractivity (Wildman–Crippen MR) is 42.9 cm³/mol. The molecule has 10 heavy (non-hydrogen) atoms. The minimum Gasteiger partial charge on any atom is -0.378 e. The van der Waals surface area contributed by atoms with Gasteiger partial charge in [-0.2, -0.15) is 4.99 Å². The summed E-state index contributed by atoms with van der Waals surface area (Å²) in [6.45, 7) is 2.04. The summed E-state index contributed by atoms with van der Waals surface area (Å²) in [6.07, 6.45) is 1.89. The van der Waals surface area contributed by atoms with E-state index in [1.807, 2.05) is 6.92 Å². The van der Waals surface area contributed by atoms with E-state index in [0.717, 1.165) is 12.8 Å². The fourth-order valence-electron chi connectivity index (χ4n) is 0.848. The third kappa shape index (κ3) is 1.50. The Morgan fingerprint density at radius 1 is 1.80 bits per heavy atom. The molecule has 0 bridgehead atoms. The fourth-order valence-corrected chi connectivity index (χ4v) is 1.79. The highest BCUT2D eigenvalue weighted by Crippen LogP contribution is 2.23. The van der Waals surface area contributed by atoms with Gasteiger partial charge in [-0.05, 0) is 6.42 Å². The molecule has 4 heteroatoms. The maximum Gasteiger partial charge on any atom is 0.261 e. The van der Waals surface area contributed by atoms with Gasteiger partial charge < -0.3 is 5.73 Å². The molecule has 0 aromatic heterocycles. The molecule has 0 radical (unpaired) electrons. The van der Waals surface area contributed by atoms with Crippen LogP contribution in [0, 0.1) is 0 Å². The van der Waals surface area contributed by atoms with Crippen molar-refractivity contribution in [1.82, 2.24) is 0 Å². The van der Waals surface area contributed by atoms with E-state index in [1.54, 1.807) is 0 Å². The second-order valence-corrected chi connectivity index (χ2v) is 3.41. The van der Waals surface area contributed by atoms with Crippen molar-refractivity contribution in [2.24, 2.45) is 10.7 Å². The standard InChI is InChI=1S/C6H10N2OS/c1-2-3-4-5(9)8-6(7)10-4/h4H,2-3H2,1H3,(H2,7,8,9)/t4-/m0/s1. The van der Waals surface area contributed by atoms with Gasteiger partial charge in [0.05, 0.1) is 5.25 Å². The number of nitrogens with zero attached hydrogens (tertiary/aromatic N) is 1. The SMILES string of the molecule is CCC[C@@H]1SC(N)=NC1=O. The molecule has 3 nitrogen and oxygen atoms in total. The summed E-state index contributed by atoms with van der Waals surface area (Å²) in [7, 11) is 0. The molecule has 56 valence electrons. The van der Waals surface area contributed by atoms with E-state index in [4.69, 9.17) is 5.73 Å². The topological polar surface area (TPSA) is 55.4 Å². The first-order chi connectivity index (χ1) is 4.74. The number of nitrogens with two attached hydrogens (primary N) is 1. The van der Waals surface area contributed by atoms with Crippen molar-refractivity contribution in [2.75, 3.05) is 0 Å². The van der Waals surface area contributed by atoms with E-state index in [1.165, 1.54) is 11.8 Å². The number of hydrogen-bond acceptors (Lipinski definition) is 3. The molecule has 0 saturated carbocycles. The van der Waals surface area contributed by atoms with Gasteiger partial charge in [0.25, 0.3) is 5.91 Å². The first kappa shape index (κ1) is 7.60. The summed E-state index contributed by atoms with van der Waals surface area (Å²) in [4.78, 5) is 14.5. The van der Waals surface area contributed by atoms with Crippen LogP contribution in [0.5, 0.6) is 0 Å². The van der Waals surface area contributed by atoms with Crippen molar-refractivity contribution in [3.63, 3.8) is 0 Å². The molecule has 0 unspecified atom stereocenters. The van der Waals surface area contributed by atoms with Gasteiger partial charge in [-0.25, -0.2) is 0 Å². The minimum atomic E-state index is -0.0654. The van der Waals surface area contributed by atoms with E-state index >= 15 is 0 Å². The Bertz CT molecular complexity index is 179. The summed E-state index contributed by atoms with van der Waals surface area (Å²) in [6, 6.07) is 0. The summed E-state index contributed by atoms with van der Waals surface area (Å²) in [5.74, 6) is -0.0654. The number of carbonyl (C=O) groups excluding carboxylic acids is 1. The Kier molecular flexibility index (Phi) is 2.32. The highest BCUT2D eigenvalue weighted by molar-refractivity contribution is 8.15. The molecule has 0 aliphatic carbocycles. The molecule has 0 aromatic carbocycles. The van der Waals surface area contributed by atoms with Gasteiger partial charge in [-0.15, -0.1) is 0 Å². The predicted octanol–water partition coefficient (Wildman–Crippen LogP) is 0.743. The van der Waals surface area contributed by atoms with Crippen LogP contribution in [0.4, 0.5) is 0 Å². The number of rotatable bonds is 2. The van der Waals surface area contributed by atoms with Crippen LogP contribution in [0.15, 0.2) is 4.99 Å². The van der Waals surface area contributed by atoms with Gasteiger partial charge >= 0.3 is 0 Å². The second-order valence-electron chi connectivity index (χ2n) is 2.18. The van der Waals surface area contributed by atoms with E-state index in [2.05, 4.69) is 4.99 Å². The van der Waals surface area contributed by atoms with Crippen LogP contribution >= 0.6 is 11.8 Å². The molecule has 1 atom stereocenters. The van der Waals surface area contributed by atoms with Crippen LogP contribution in [0.2, 0.25) is 0 Å². The van der Waals surface area contributed by atoms with Crippen LogP contribution in [0.1, 0.15) is 19.8 Å². The third-order valence-electron chi connectivity index (χ3n) is 1.31.